The van der Waals surface area contributed by atoms with E-state index < -0.39 is 17.5 Å². The summed E-state index contributed by atoms with van der Waals surface area (Å²) in [5.74, 6) is -6.03. The lowest BCUT2D eigenvalue weighted by atomic mass is 10.2. The zero-order chi connectivity index (χ0) is 10.9. The molecule has 0 saturated heterocycles. The van der Waals surface area contributed by atoms with E-state index in [0.717, 1.165) is 12.4 Å². The van der Waals surface area contributed by atoms with Crippen LogP contribution in [0.2, 0.25) is 0 Å². The Labute approximate surface area is 79.2 Å². The summed E-state index contributed by atoms with van der Waals surface area (Å²) in [6, 6.07) is -0.0756. The predicted molar refractivity (Wildman–Crippen MR) is 44.1 cm³/mol. The molecule has 0 radical (unpaired) electrons. The summed E-state index contributed by atoms with van der Waals surface area (Å²) in [5.41, 5.74) is -0.598. The molecule has 0 aliphatic heterocycles. The molecule has 0 atom stereocenters. The SMILES string of the molecule is CC(C)n1cc(C(F)(F)C(=O)O)cn1. The standard InChI is InChI=1S/C8H10F2N2O2/c1-5(2)12-4-6(3-11-12)8(9,10)7(13)14/h3-5H,1-2H3,(H,13,14). The van der Waals surface area contributed by atoms with Crippen molar-refractivity contribution in [3.63, 3.8) is 0 Å². The van der Waals surface area contributed by atoms with Crippen molar-refractivity contribution < 1.29 is 18.7 Å². The van der Waals surface area contributed by atoms with Crippen LogP contribution in [0.5, 0.6) is 0 Å². The van der Waals surface area contributed by atoms with Crippen LogP contribution in [0.3, 0.4) is 0 Å². The van der Waals surface area contributed by atoms with Crippen LogP contribution in [0, 0.1) is 0 Å². The first kappa shape index (κ1) is 10.6. The summed E-state index contributed by atoms with van der Waals surface area (Å²) in [5, 5.41) is 11.9. The fourth-order valence-electron chi connectivity index (χ4n) is 0.906. The van der Waals surface area contributed by atoms with Crippen molar-refractivity contribution in [1.82, 2.24) is 9.78 Å². The number of alkyl halides is 2. The molecule has 1 aromatic heterocycles. The highest BCUT2D eigenvalue weighted by molar-refractivity contribution is 5.76. The van der Waals surface area contributed by atoms with Crippen LogP contribution in [0.25, 0.3) is 0 Å². The molecule has 0 aliphatic rings. The average molecular weight is 204 g/mol. The third-order valence-corrected chi connectivity index (χ3v) is 1.76. The van der Waals surface area contributed by atoms with Gasteiger partial charge in [0.2, 0.25) is 0 Å². The molecular weight excluding hydrogens is 194 g/mol. The second-order valence-electron chi connectivity index (χ2n) is 3.18. The zero-order valence-corrected chi connectivity index (χ0v) is 7.74. The quantitative estimate of drug-likeness (QED) is 0.814. The van der Waals surface area contributed by atoms with Gasteiger partial charge in [0.15, 0.2) is 0 Å². The number of hydrogen-bond acceptors (Lipinski definition) is 2. The summed E-state index contributed by atoms with van der Waals surface area (Å²) in [7, 11) is 0. The fraction of sp³-hybridized carbons (Fsp3) is 0.500. The van der Waals surface area contributed by atoms with E-state index in [1.807, 2.05) is 0 Å². The second kappa shape index (κ2) is 3.36. The highest BCUT2D eigenvalue weighted by atomic mass is 19.3. The van der Waals surface area contributed by atoms with Crippen molar-refractivity contribution >= 4 is 5.97 Å². The summed E-state index contributed by atoms with van der Waals surface area (Å²) < 4.78 is 27.1. The largest absolute Gasteiger partial charge is 0.477 e. The Morgan fingerprint density at radius 1 is 1.64 bits per heavy atom. The van der Waals surface area contributed by atoms with Crippen molar-refractivity contribution in [1.29, 1.82) is 0 Å². The maximum absolute atomic E-state index is 12.9. The third kappa shape index (κ3) is 1.73. The topological polar surface area (TPSA) is 55.1 Å². The molecule has 0 bridgehead atoms. The van der Waals surface area contributed by atoms with Crippen molar-refractivity contribution in [3.05, 3.63) is 18.0 Å². The Morgan fingerprint density at radius 2 is 2.21 bits per heavy atom. The molecular formula is C8H10F2N2O2. The minimum Gasteiger partial charge on any atom is -0.477 e. The number of carboxylic acid groups (broad SMARTS) is 1. The number of halogens is 2. The number of hydrogen-bond donors (Lipinski definition) is 1. The first-order valence-electron chi connectivity index (χ1n) is 4.01. The number of aromatic nitrogens is 2. The maximum atomic E-state index is 12.9. The summed E-state index contributed by atoms with van der Waals surface area (Å²) >= 11 is 0. The molecule has 1 heterocycles. The molecule has 78 valence electrons. The van der Waals surface area contributed by atoms with Gasteiger partial charge in [0.05, 0.1) is 11.8 Å². The van der Waals surface area contributed by atoms with E-state index in [0.29, 0.717) is 0 Å². The molecule has 6 heteroatoms. The predicted octanol–water partition coefficient (Wildman–Crippen LogP) is 1.64. The highest BCUT2D eigenvalue weighted by Gasteiger charge is 2.42. The molecule has 0 unspecified atom stereocenters. The first-order valence-corrected chi connectivity index (χ1v) is 4.01. The fourth-order valence-corrected chi connectivity index (χ4v) is 0.906. The highest BCUT2D eigenvalue weighted by Crippen LogP contribution is 2.28. The van der Waals surface area contributed by atoms with Gasteiger partial charge in [-0.15, -0.1) is 0 Å². The molecule has 14 heavy (non-hydrogen) atoms. The van der Waals surface area contributed by atoms with Crippen LogP contribution in [0.15, 0.2) is 12.4 Å². The van der Waals surface area contributed by atoms with Gasteiger partial charge in [-0.05, 0) is 13.8 Å². The van der Waals surface area contributed by atoms with Crippen LogP contribution < -0.4 is 0 Å². The van der Waals surface area contributed by atoms with Gasteiger partial charge in [-0.25, -0.2) is 4.79 Å². The Morgan fingerprint density at radius 3 is 2.57 bits per heavy atom. The third-order valence-electron chi connectivity index (χ3n) is 1.76. The summed E-state index contributed by atoms with van der Waals surface area (Å²) in [4.78, 5) is 10.2. The maximum Gasteiger partial charge on any atom is 0.379 e. The Bertz CT molecular complexity index is 347. The number of carboxylic acids is 1. The van der Waals surface area contributed by atoms with Crippen LogP contribution in [0.4, 0.5) is 8.78 Å². The van der Waals surface area contributed by atoms with Gasteiger partial charge in [0.1, 0.15) is 0 Å². The van der Waals surface area contributed by atoms with Crippen LogP contribution in [0.1, 0.15) is 25.5 Å². The van der Waals surface area contributed by atoms with E-state index in [1.165, 1.54) is 4.68 Å². The first-order chi connectivity index (χ1) is 6.35. The van der Waals surface area contributed by atoms with Gasteiger partial charge >= 0.3 is 11.9 Å². The number of aliphatic carboxylic acids is 1. The van der Waals surface area contributed by atoms with Crippen LogP contribution in [-0.4, -0.2) is 20.9 Å². The molecule has 1 rings (SSSR count). The lowest BCUT2D eigenvalue weighted by Gasteiger charge is -2.08. The normalized spacial score (nSPS) is 12.1. The second-order valence-corrected chi connectivity index (χ2v) is 3.18. The van der Waals surface area contributed by atoms with Gasteiger partial charge in [-0.2, -0.15) is 13.9 Å². The summed E-state index contributed by atoms with van der Waals surface area (Å²) in [6.45, 7) is 3.52. The van der Waals surface area contributed by atoms with E-state index in [-0.39, 0.29) is 6.04 Å². The number of nitrogens with zero attached hydrogens (tertiary/aromatic N) is 2. The lowest BCUT2D eigenvalue weighted by Crippen LogP contribution is -2.24. The Hall–Kier alpha value is -1.46. The summed E-state index contributed by atoms with van der Waals surface area (Å²) in [6.07, 6.45) is 1.91. The van der Waals surface area contributed by atoms with Gasteiger partial charge in [0.25, 0.3) is 0 Å². The van der Waals surface area contributed by atoms with E-state index in [4.69, 9.17) is 5.11 Å². The van der Waals surface area contributed by atoms with E-state index in [1.54, 1.807) is 13.8 Å². The minimum atomic E-state index is -3.87. The van der Waals surface area contributed by atoms with Gasteiger partial charge in [-0.3, -0.25) is 4.68 Å². The molecule has 1 N–H and O–H groups in total. The molecule has 4 nitrogen and oxygen atoms in total. The van der Waals surface area contributed by atoms with Gasteiger partial charge in [0, 0.05) is 12.2 Å². The van der Waals surface area contributed by atoms with E-state index >= 15 is 0 Å². The molecule has 0 fully saturated rings. The monoisotopic (exact) mass is 204 g/mol. The van der Waals surface area contributed by atoms with Crippen molar-refractivity contribution in [2.24, 2.45) is 0 Å². The van der Waals surface area contributed by atoms with Gasteiger partial charge < -0.3 is 5.11 Å². The smallest absolute Gasteiger partial charge is 0.379 e. The molecule has 0 saturated carbocycles. The van der Waals surface area contributed by atoms with Crippen LogP contribution in [-0.2, 0) is 10.7 Å². The molecule has 0 aliphatic carbocycles. The van der Waals surface area contributed by atoms with Crippen LogP contribution >= 0.6 is 0 Å². The number of carbonyl (C=O) groups is 1. The Kier molecular flexibility index (Phi) is 2.55. The zero-order valence-electron chi connectivity index (χ0n) is 7.74. The van der Waals surface area contributed by atoms with Gasteiger partial charge in [-0.1, -0.05) is 0 Å². The van der Waals surface area contributed by atoms with Crippen molar-refractivity contribution in [2.45, 2.75) is 25.8 Å². The van der Waals surface area contributed by atoms with E-state index in [2.05, 4.69) is 5.10 Å². The lowest BCUT2D eigenvalue weighted by molar-refractivity contribution is -0.166. The van der Waals surface area contributed by atoms with Crippen molar-refractivity contribution in [2.75, 3.05) is 0 Å². The minimum absolute atomic E-state index is 0.0756. The average Bonchev–Trinajstić information content (AvgIpc) is 2.51. The molecule has 0 amide bonds. The molecule has 1 aromatic rings. The van der Waals surface area contributed by atoms with Crippen molar-refractivity contribution in [3.8, 4) is 0 Å². The van der Waals surface area contributed by atoms with E-state index in [9.17, 15) is 13.6 Å². The number of rotatable bonds is 3. The molecule has 0 spiro atoms. The Balaban J connectivity index is 3.03. The molecule has 0 aromatic carbocycles.